The van der Waals surface area contributed by atoms with E-state index in [0.29, 0.717) is 31.7 Å². The molecule has 10 heteroatoms. The van der Waals surface area contributed by atoms with Crippen LogP contribution in [-0.2, 0) is 27.5 Å². The van der Waals surface area contributed by atoms with Crippen LogP contribution in [0.3, 0.4) is 0 Å². The first-order chi connectivity index (χ1) is 15.5. The molecule has 0 radical (unpaired) electrons. The number of carbonyl (C=O) groups is 1. The lowest BCUT2D eigenvalue weighted by atomic mass is 9.81. The van der Waals surface area contributed by atoms with Crippen molar-refractivity contribution in [3.05, 3.63) is 65.2 Å². The second-order valence-corrected chi connectivity index (χ2v) is 10.4. The second-order valence-electron chi connectivity index (χ2n) is 8.44. The summed E-state index contributed by atoms with van der Waals surface area (Å²) >= 11 is 0. The summed E-state index contributed by atoms with van der Waals surface area (Å²) in [7, 11) is -4.22. The molecule has 2 aromatic carbocycles. The molecule has 0 heterocycles. The molecule has 0 bridgehead atoms. The minimum absolute atomic E-state index is 0.0301. The lowest BCUT2D eigenvalue weighted by molar-refractivity contribution is -0.137. The van der Waals surface area contributed by atoms with Gasteiger partial charge in [0.2, 0.25) is 15.9 Å². The molecule has 6 nitrogen and oxygen atoms in total. The van der Waals surface area contributed by atoms with Crippen molar-refractivity contribution >= 4 is 15.9 Å². The molecule has 33 heavy (non-hydrogen) atoms. The summed E-state index contributed by atoms with van der Waals surface area (Å²) in [5.41, 5.74) is 2.28. The molecule has 180 valence electrons. The maximum Gasteiger partial charge on any atom is 0.416 e. The predicted octanol–water partition coefficient (Wildman–Crippen LogP) is 4.52. The number of aryl methyl sites for hydroxylation is 1. The lowest BCUT2D eigenvalue weighted by Gasteiger charge is -2.32. The van der Waals surface area contributed by atoms with Crippen LogP contribution in [0, 0.1) is 18.8 Å². The van der Waals surface area contributed by atoms with Gasteiger partial charge in [-0.15, -0.1) is 0 Å². The summed E-state index contributed by atoms with van der Waals surface area (Å²) in [6.45, 7) is 2.01. The van der Waals surface area contributed by atoms with Crippen molar-refractivity contribution in [2.45, 2.75) is 50.2 Å². The van der Waals surface area contributed by atoms with E-state index in [1.807, 2.05) is 19.1 Å². The Kier molecular flexibility index (Phi) is 7.81. The molecule has 0 unspecified atom stereocenters. The first kappa shape index (κ1) is 25.2. The van der Waals surface area contributed by atoms with Gasteiger partial charge in [0.1, 0.15) is 0 Å². The Hall–Kier alpha value is -2.43. The van der Waals surface area contributed by atoms with Crippen LogP contribution >= 0.6 is 0 Å². The summed E-state index contributed by atoms with van der Waals surface area (Å²) < 4.78 is 67.8. The van der Waals surface area contributed by atoms with Gasteiger partial charge in [-0.3, -0.25) is 10.0 Å². The van der Waals surface area contributed by atoms with Gasteiger partial charge in [-0.2, -0.15) is 17.5 Å². The summed E-state index contributed by atoms with van der Waals surface area (Å²) in [4.78, 5) is 11.3. The number of hydroxylamine groups is 1. The average molecular weight is 485 g/mol. The van der Waals surface area contributed by atoms with Crippen LogP contribution in [0.4, 0.5) is 13.2 Å². The minimum atomic E-state index is -4.65. The molecule has 1 fully saturated rings. The first-order valence-electron chi connectivity index (χ1n) is 10.7. The average Bonchev–Trinajstić information content (AvgIpc) is 2.79. The van der Waals surface area contributed by atoms with Crippen molar-refractivity contribution in [3.63, 3.8) is 0 Å². The number of alkyl halides is 3. The van der Waals surface area contributed by atoms with Gasteiger partial charge in [0.15, 0.2) is 0 Å². The van der Waals surface area contributed by atoms with E-state index in [1.165, 1.54) is 10.4 Å². The van der Waals surface area contributed by atoms with Gasteiger partial charge in [-0.25, -0.2) is 13.9 Å². The van der Waals surface area contributed by atoms with Crippen molar-refractivity contribution in [1.29, 1.82) is 0 Å². The number of amides is 1. The van der Waals surface area contributed by atoms with Gasteiger partial charge in [0.05, 0.1) is 10.5 Å². The van der Waals surface area contributed by atoms with Crippen LogP contribution in [0.15, 0.2) is 53.4 Å². The zero-order chi connectivity index (χ0) is 24.2. The minimum Gasteiger partial charge on any atom is -0.289 e. The molecule has 1 amide bonds. The Balaban J connectivity index is 1.89. The van der Waals surface area contributed by atoms with Gasteiger partial charge >= 0.3 is 6.18 Å². The van der Waals surface area contributed by atoms with Crippen molar-refractivity contribution in [2.24, 2.45) is 11.8 Å². The van der Waals surface area contributed by atoms with Crippen LogP contribution in [0.2, 0.25) is 0 Å². The third-order valence-electron chi connectivity index (χ3n) is 6.20. The molecule has 2 N–H and O–H groups in total. The highest BCUT2D eigenvalue weighted by Crippen LogP contribution is 2.34. The third-order valence-corrected chi connectivity index (χ3v) is 8.00. The number of rotatable bonds is 7. The molecule has 1 aliphatic rings. The Bertz CT molecular complexity index is 1080. The van der Waals surface area contributed by atoms with Crippen LogP contribution < -0.4 is 5.48 Å². The molecule has 0 spiro atoms. The number of hydrogen-bond donors (Lipinski definition) is 2. The molecule has 2 aromatic rings. The molecule has 3 rings (SSSR count). The second kappa shape index (κ2) is 10.2. The predicted molar refractivity (Wildman–Crippen MR) is 116 cm³/mol. The standard InChI is InChI=1S/C23H27F3N2O4S/c1-16-5-2-3-6-19(16)15-28(14-17-9-11-18(12-10-17)22(29)27-30)33(31,32)21-8-4-7-20(13-21)23(24,25)26/h2-8,13,17-18,30H,9-12,14-15H2,1H3,(H,27,29). The Labute approximate surface area is 191 Å². The molecule has 0 atom stereocenters. The SMILES string of the molecule is Cc1ccccc1CN(CC1CCC(C(=O)NO)CC1)S(=O)(=O)c1cccc(C(F)(F)F)c1. The van der Waals surface area contributed by atoms with Crippen molar-refractivity contribution in [2.75, 3.05) is 6.54 Å². The molecule has 1 aliphatic carbocycles. The maximum atomic E-state index is 13.5. The number of benzene rings is 2. The normalized spacial score (nSPS) is 19.5. The zero-order valence-electron chi connectivity index (χ0n) is 18.2. The summed E-state index contributed by atoms with van der Waals surface area (Å²) in [6.07, 6.45) is -2.52. The summed E-state index contributed by atoms with van der Waals surface area (Å²) in [5, 5.41) is 8.83. The van der Waals surface area contributed by atoms with Crippen molar-refractivity contribution in [3.8, 4) is 0 Å². The van der Waals surface area contributed by atoms with Crippen LogP contribution in [0.5, 0.6) is 0 Å². The highest BCUT2D eigenvalue weighted by Gasteiger charge is 2.35. The summed E-state index contributed by atoms with van der Waals surface area (Å²) in [5.74, 6) is -0.852. The van der Waals surface area contributed by atoms with E-state index in [9.17, 15) is 26.4 Å². The van der Waals surface area contributed by atoms with E-state index < -0.39 is 32.6 Å². The van der Waals surface area contributed by atoms with Gasteiger partial charge in [0.25, 0.3) is 0 Å². The number of halogens is 3. The Morgan fingerprint density at radius 3 is 2.36 bits per heavy atom. The molecule has 0 aliphatic heterocycles. The summed E-state index contributed by atoms with van der Waals surface area (Å²) in [6, 6.07) is 11.1. The van der Waals surface area contributed by atoms with Crippen molar-refractivity contribution < 1.29 is 31.6 Å². The number of nitrogens with zero attached hydrogens (tertiary/aromatic N) is 1. The number of nitrogens with one attached hydrogen (secondary N) is 1. The number of sulfonamides is 1. The first-order valence-corrected chi connectivity index (χ1v) is 12.1. The fourth-order valence-electron chi connectivity index (χ4n) is 4.19. The number of carbonyl (C=O) groups excluding carboxylic acids is 1. The highest BCUT2D eigenvalue weighted by molar-refractivity contribution is 7.89. The molecule has 0 aromatic heterocycles. The third kappa shape index (κ3) is 6.13. The smallest absolute Gasteiger partial charge is 0.289 e. The monoisotopic (exact) mass is 484 g/mol. The number of hydrogen-bond acceptors (Lipinski definition) is 4. The van der Waals surface area contributed by atoms with Gasteiger partial charge in [-0.05, 0) is 67.9 Å². The van der Waals surface area contributed by atoms with E-state index in [4.69, 9.17) is 5.21 Å². The van der Waals surface area contributed by atoms with Crippen LogP contribution in [-0.4, -0.2) is 30.4 Å². The van der Waals surface area contributed by atoms with E-state index in [1.54, 1.807) is 17.6 Å². The van der Waals surface area contributed by atoms with Crippen LogP contribution in [0.25, 0.3) is 0 Å². The quantitative estimate of drug-likeness (QED) is 0.447. The fraction of sp³-hybridized carbons (Fsp3) is 0.435. The van der Waals surface area contributed by atoms with E-state index >= 15 is 0 Å². The molecular weight excluding hydrogens is 457 g/mol. The van der Waals surface area contributed by atoms with E-state index in [0.717, 1.165) is 23.3 Å². The van der Waals surface area contributed by atoms with Gasteiger partial charge in [0, 0.05) is 19.0 Å². The Morgan fingerprint density at radius 1 is 1.09 bits per heavy atom. The van der Waals surface area contributed by atoms with Crippen LogP contribution in [0.1, 0.15) is 42.4 Å². The Morgan fingerprint density at radius 2 is 1.76 bits per heavy atom. The van der Waals surface area contributed by atoms with Gasteiger partial charge < -0.3 is 0 Å². The topological polar surface area (TPSA) is 86.7 Å². The van der Waals surface area contributed by atoms with E-state index in [-0.39, 0.29) is 24.9 Å². The van der Waals surface area contributed by atoms with Crippen molar-refractivity contribution in [1.82, 2.24) is 9.79 Å². The van der Waals surface area contributed by atoms with Gasteiger partial charge in [-0.1, -0.05) is 30.3 Å². The highest BCUT2D eigenvalue weighted by atomic mass is 32.2. The molecular formula is C23H27F3N2O4S. The zero-order valence-corrected chi connectivity index (χ0v) is 19.0. The fourth-order valence-corrected chi connectivity index (χ4v) is 5.73. The molecule has 0 saturated heterocycles. The van der Waals surface area contributed by atoms with E-state index in [2.05, 4.69) is 0 Å². The maximum absolute atomic E-state index is 13.5. The molecule has 1 saturated carbocycles. The largest absolute Gasteiger partial charge is 0.416 e. The lowest BCUT2D eigenvalue weighted by Crippen LogP contribution is -2.38.